The van der Waals surface area contributed by atoms with Crippen molar-refractivity contribution in [1.82, 2.24) is 4.90 Å². The van der Waals surface area contributed by atoms with Gasteiger partial charge in [0.15, 0.2) is 6.10 Å². The summed E-state index contributed by atoms with van der Waals surface area (Å²) >= 11 is 0. The second-order valence-corrected chi connectivity index (χ2v) is 11.2. The van der Waals surface area contributed by atoms with Crippen LogP contribution in [0.4, 0.5) is 4.39 Å². The van der Waals surface area contributed by atoms with Gasteiger partial charge in [0.05, 0.1) is 5.60 Å². The number of carbonyl (C=O) groups excluding carboxylic acids is 1. The largest absolute Gasteiger partial charge is 0.479 e. The molecule has 39 heavy (non-hydrogen) atoms. The summed E-state index contributed by atoms with van der Waals surface area (Å²) in [6, 6.07) is 15.7. The van der Waals surface area contributed by atoms with Gasteiger partial charge in [0.25, 0.3) is 5.91 Å². The molecule has 0 unspecified atom stereocenters. The van der Waals surface area contributed by atoms with E-state index < -0.39 is 23.5 Å². The van der Waals surface area contributed by atoms with Gasteiger partial charge in [-0.25, -0.2) is 9.18 Å². The van der Waals surface area contributed by atoms with Gasteiger partial charge in [-0.1, -0.05) is 36.4 Å². The number of benzene rings is 3. The lowest BCUT2D eigenvalue weighted by Gasteiger charge is -2.30. The number of rotatable bonds is 6. The molecule has 0 bridgehead atoms. The van der Waals surface area contributed by atoms with Crippen molar-refractivity contribution in [1.29, 1.82) is 0 Å². The molecule has 0 saturated carbocycles. The summed E-state index contributed by atoms with van der Waals surface area (Å²) in [7, 11) is 0. The molecular formula is C33H36FNO4. The summed E-state index contributed by atoms with van der Waals surface area (Å²) in [6.45, 7) is 14.2. The predicted molar refractivity (Wildman–Crippen MR) is 152 cm³/mol. The van der Waals surface area contributed by atoms with E-state index in [0.717, 1.165) is 44.5 Å². The molecule has 5 nitrogen and oxygen atoms in total. The lowest BCUT2D eigenvalue weighted by atomic mass is 9.81. The highest BCUT2D eigenvalue weighted by Crippen LogP contribution is 2.43. The van der Waals surface area contributed by atoms with Crippen LogP contribution in [0.25, 0.3) is 11.1 Å². The van der Waals surface area contributed by atoms with Gasteiger partial charge in [0.1, 0.15) is 5.82 Å². The number of aliphatic carboxylic acids is 1. The summed E-state index contributed by atoms with van der Waals surface area (Å²) in [5.74, 6) is -1.79. The van der Waals surface area contributed by atoms with Gasteiger partial charge in [0.2, 0.25) is 0 Å². The van der Waals surface area contributed by atoms with Crippen LogP contribution in [-0.2, 0) is 22.6 Å². The fourth-order valence-corrected chi connectivity index (χ4v) is 5.46. The fourth-order valence-electron chi connectivity index (χ4n) is 5.46. The normalized spacial score (nSPS) is 14.6. The molecule has 0 aromatic heterocycles. The van der Waals surface area contributed by atoms with E-state index in [1.54, 1.807) is 11.0 Å². The van der Waals surface area contributed by atoms with E-state index in [9.17, 15) is 19.1 Å². The smallest absolute Gasteiger partial charge is 0.337 e. The molecular weight excluding hydrogens is 493 g/mol. The van der Waals surface area contributed by atoms with Gasteiger partial charge < -0.3 is 14.7 Å². The molecule has 3 aromatic rings. The van der Waals surface area contributed by atoms with Crippen LogP contribution < -0.4 is 0 Å². The maximum atomic E-state index is 13.9. The fraction of sp³-hybridized carbons (Fsp3) is 0.333. The highest BCUT2D eigenvalue weighted by Gasteiger charge is 2.36. The third-order valence-electron chi connectivity index (χ3n) is 7.48. The molecule has 1 aliphatic rings. The van der Waals surface area contributed by atoms with Crippen molar-refractivity contribution >= 4 is 23.0 Å². The van der Waals surface area contributed by atoms with Crippen molar-refractivity contribution in [3.63, 3.8) is 0 Å². The minimum absolute atomic E-state index is 0.263. The molecule has 0 aliphatic carbocycles. The second-order valence-electron chi connectivity index (χ2n) is 11.2. The number of amides is 1. The Hall–Kier alpha value is -3.77. The number of nitrogens with zero attached hydrogens (tertiary/aromatic N) is 1. The Morgan fingerprint density at radius 2 is 1.49 bits per heavy atom. The number of fused-ring (bicyclic) bond motifs is 1. The van der Waals surface area contributed by atoms with Gasteiger partial charge in [-0.3, -0.25) is 4.79 Å². The minimum atomic E-state index is -1.20. The van der Waals surface area contributed by atoms with Crippen LogP contribution >= 0.6 is 0 Å². The molecule has 0 spiro atoms. The number of carboxylic acid groups (broad SMARTS) is 1. The van der Waals surface area contributed by atoms with Crippen molar-refractivity contribution in [3.05, 3.63) is 105 Å². The molecule has 3 aromatic carbocycles. The van der Waals surface area contributed by atoms with Crippen molar-refractivity contribution < 1.29 is 23.8 Å². The number of ether oxygens (including phenoxy) is 1. The monoisotopic (exact) mass is 529 g/mol. The van der Waals surface area contributed by atoms with E-state index >= 15 is 0 Å². The molecule has 0 fully saturated rings. The first kappa shape index (κ1) is 28.2. The van der Waals surface area contributed by atoms with E-state index in [2.05, 4.69) is 0 Å². The van der Waals surface area contributed by atoms with E-state index in [1.807, 2.05) is 78.8 Å². The minimum Gasteiger partial charge on any atom is -0.479 e. The maximum Gasteiger partial charge on any atom is 0.337 e. The molecule has 4 rings (SSSR count). The van der Waals surface area contributed by atoms with Crippen LogP contribution in [0.3, 0.4) is 0 Å². The summed E-state index contributed by atoms with van der Waals surface area (Å²) < 4.78 is 20.0. The molecule has 0 radical (unpaired) electrons. The molecule has 1 aliphatic heterocycles. The summed E-state index contributed by atoms with van der Waals surface area (Å²) in [5.41, 5.74) is 7.72. The lowest BCUT2D eigenvalue weighted by Crippen LogP contribution is -2.29. The van der Waals surface area contributed by atoms with Crippen LogP contribution in [0, 0.1) is 19.7 Å². The molecule has 0 saturated heterocycles. The molecule has 1 atom stereocenters. The van der Waals surface area contributed by atoms with Gasteiger partial charge in [-0.05, 0) is 111 Å². The molecule has 1 N–H and O–H groups in total. The zero-order valence-electron chi connectivity index (χ0n) is 23.7. The standard InChI is InChI=1S/C33H36FNO4/c1-19(23-12-9-8-10-13-23)20(2)28-21(3)26-17-35(31(36)24-14-11-15-25(34)16-24)18-27(26)22(4)29(28)30(32(37)38)39-33(5,6)7/h8-16,30H,17-18H2,1-7H3,(H,37,38)/b20-19+/t30-/m0/s1. The van der Waals surface area contributed by atoms with Gasteiger partial charge in [0, 0.05) is 24.2 Å². The maximum absolute atomic E-state index is 13.9. The Morgan fingerprint density at radius 1 is 0.897 bits per heavy atom. The third kappa shape index (κ3) is 5.66. The van der Waals surface area contributed by atoms with Crippen LogP contribution in [0.5, 0.6) is 0 Å². The first-order valence-corrected chi connectivity index (χ1v) is 13.1. The van der Waals surface area contributed by atoms with Crippen molar-refractivity contribution in [2.24, 2.45) is 0 Å². The zero-order chi connectivity index (χ0) is 28.6. The van der Waals surface area contributed by atoms with Gasteiger partial charge in [-0.2, -0.15) is 0 Å². The Balaban J connectivity index is 1.93. The van der Waals surface area contributed by atoms with E-state index in [4.69, 9.17) is 4.74 Å². The van der Waals surface area contributed by atoms with Crippen LogP contribution in [0.2, 0.25) is 0 Å². The molecule has 6 heteroatoms. The van der Waals surface area contributed by atoms with E-state index in [-0.39, 0.29) is 11.5 Å². The predicted octanol–water partition coefficient (Wildman–Crippen LogP) is 7.49. The number of halogens is 1. The topological polar surface area (TPSA) is 66.8 Å². The number of hydrogen-bond donors (Lipinski definition) is 1. The number of carbonyl (C=O) groups is 2. The highest BCUT2D eigenvalue weighted by atomic mass is 19.1. The first-order chi connectivity index (χ1) is 18.3. The molecule has 1 heterocycles. The zero-order valence-corrected chi connectivity index (χ0v) is 23.7. The van der Waals surface area contributed by atoms with Crippen molar-refractivity contribution in [3.8, 4) is 0 Å². The quantitative estimate of drug-likeness (QED) is 0.336. The molecule has 1 amide bonds. The summed E-state index contributed by atoms with van der Waals surface area (Å²) in [6.07, 6.45) is -1.20. The summed E-state index contributed by atoms with van der Waals surface area (Å²) in [4.78, 5) is 27.7. The Kier molecular flexibility index (Phi) is 7.80. The van der Waals surface area contributed by atoms with Crippen molar-refractivity contribution in [2.45, 2.75) is 73.3 Å². The van der Waals surface area contributed by atoms with E-state index in [0.29, 0.717) is 18.7 Å². The van der Waals surface area contributed by atoms with Crippen LogP contribution in [-0.4, -0.2) is 27.5 Å². The number of carboxylic acids is 1. The average Bonchev–Trinajstić information content (AvgIpc) is 3.34. The number of hydrogen-bond acceptors (Lipinski definition) is 3. The number of allylic oxidation sites excluding steroid dienone is 2. The first-order valence-electron chi connectivity index (χ1n) is 13.1. The summed E-state index contributed by atoms with van der Waals surface area (Å²) in [5, 5.41) is 10.4. The Labute approximate surface area is 229 Å². The van der Waals surface area contributed by atoms with E-state index in [1.165, 1.54) is 18.2 Å². The lowest BCUT2D eigenvalue weighted by molar-refractivity contribution is -0.160. The Morgan fingerprint density at radius 3 is 2.05 bits per heavy atom. The average molecular weight is 530 g/mol. The van der Waals surface area contributed by atoms with Crippen LogP contribution in [0.1, 0.15) is 90.0 Å². The van der Waals surface area contributed by atoms with Crippen LogP contribution in [0.15, 0.2) is 54.6 Å². The van der Waals surface area contributed by atoms with Gasteiger partial charge in [-0.15, -0.1) is 0 Å². The Bertz CT molecular complexity index is 1470. The third-order valence-corrected chi connectivity index (χ3v) is 7.48. The SMILES string of the molecule is C/C(=C(/C)c1c(C)c2c(c(C)c1[C@H](OC(C)(C)C)C(=O)O)CN(C(=O)c1cccc(F)c1)C2)c1ccccc1. The van der Waals surface area contributed by atoms with Crippen molar-refractivity contribution in [2.75, 3.05) is 0 Å². The molecule has 204 valence electrons. The van der Waals surface area contributed by atoms with Gasteiger partial charge >= 0.3 is 5.97 Å². The highest BCUT2D eigenvalue weighted by molar-refractivity contribution is 5.96. The second kappa shape index (κ2) is 10.8.